The molecule has 7 nitrogen and oxygen atoms in total. The zero-order valence-corrected chi connectivity index (χ0v) is 51.2. The number of likely N-dealkylation sites (tertiary alicyclic amines) is 4. The Morgan fingerprint density at radius 3 is 1.22 bits per heavy atom. The van der Waals surface area contributed by atoms with Crippen LogP contribution in [0.15, 0.2) is 24.3 Å². The third-order valence-corrected chi connectivity index (χ3v) is 17.9. The lowest BCUT2D eigenvalue weighted by molar-refractivity contribution is -0.107. The van der Waals surface area contributed by atoms with Crippen LogP contribution in [0.5, 0.6) is 0 Å². The number of ether oxygens (including phenoxy) is 2. The number of rotatable bonds is 11. The first-order chi connectivity index (χ1) is 31.0. The minimum Gasteiger partial charge on any atom is -0.459 e. The van der Waals surface area contributed by atoms with E-state index in [1.807, 2.05) is 24.3 Å². The molecule has 1 atom stereocenters. The SMILES string of the molecule is CC(C)CC1CC(C)(C)N(C)C(C)(C)C1.CC(C)CCC1CC(C)(C)N(C)C1(C)C.CC(C)Cc1ccc(C(=O)OC2CC(C)(C)N(C)C(C)(C)C2)cc1.CC(C)OC1CC(C)(C)N(C)C(C)(C)C1. The summed E-state index contributed by atoms with van der Waals surface area (Å²) in [5.41, 5.74) is 3.91. The van der Waals surface area contributed by atoms with Gasteiger partial charge in [0.1, 0.15) is 6.10 Å². The smallest absolute Gasteiger partial charge is 0.338 e. The average Bonchev–Trinajstić information content (AvgIpc) is 3.31. The molecule has 0 aliphatic carbocycles. The van der Waals surface area contributed by atoms with Crippen molar-refractivity contribution in [1.82, 2.24) is 19.6 Å². The number of benzene rings is 1. The van der Waals surface area contributed by atoms with Crippen molar-refractivity contribution in [3.05, 3.63) is 35.4 Å². The van der Waals surface area contributed by atoms with Crippen molar-refractivity contribution < 1.29 is 14.3 Å². The summed E-state index contributed by atoms with van der Waals surface area (Å²) in [6.45, 7) is 55.2. The van der Waals surface area contributed by atoms with E-state index in [0.29, 0.717) is 45.8 Å². The summed E-state index contributed by atoms with van der Waals surface area (Å²) in [6.07, 6.45) is 13.9. The summed E-state index contributed by atoms with van der Waals surface area (Å²) < 4.78 is 11.8. The van der Waals surface area contributed by atoms with Gasteiger partial charge in [-0.1, -0.05) is 60.1 Å². The molecule has 404 valence electrons. The topological polar surface area (TPSA) is 48.5 Å². The molecular formula is C62H118N4O3. The third-order valence-electron chi connectivity index (χ3n) is 17.9. The van der Waals surface area contributed by atoms with Gasteiger partial charge in [0.2, 0.25) is 0 Å². The van der Waals surface area contributed by atoms with Gasteiger partial charge in [0.05, 0.1) is 17.8 Å². The van der Waals surface area contributed by atoms with Gasteiger partial charge >= 0.3 is 5.97 Å². The van der Waals surface area contributed by atoms with E-state index in [1.165, 1.54) is 44.1 Å². The van der Waals surface area contributed by atoms with Gasteiger partial charge in [-0.05, 0) is 251 Å². The second-order valence-corrected chi connectivity index (χ2v) is 29.3. The number of carbonyl (C=O) groups is 1. The highest BCUT2D eigenvalue weighted by Crippen LogP contribution is 2.46. The molecule has 4 aliphatic heterocycles. The molecule has 69 heavy (non-hydrogen) atoms. The third kappa shape index (κ3) is 18.4. The Morgan fingerprint density at radius 2 is 0.884 bits per heavy atom. The molecule has 4 fully saturated rings. The van der Waals surface area contributed by atoms with Crippen LogP contribution in [0.2, 0.25) is 0 Å². The molecule has 7 heteroatoms. The predicted molar refractivity (Wildman–Crippen MR) is 301 cm³/mol. The van der Waals surface area contributed by atoms with Gasteiger partial charge in [-0.15, -0.1) is 0 Å². The van der Waals surface area contributed by atoms with E-state index in [-0.39, 0.29) is 34.2 Å². The molecular weight excluding hydrogens is 849 g/mol. The van der Waals surface area contributed by atoms with Gasteiger partial charge in [0.15, 0.2) is 0 Å². The highest BCUT2D eigenvalue weighted by atomic mass is 16.5. The van der Waals surface area contributed by atoms with Crippen LogP contribution in [0, 0.1) is 29.6 Å². The maximum absolute atomic E-state index is 12.5. The Morgan fingerprint density at radius 1 is 0.507 bits per heavy atom. The van der Waals surface area contributed by atoms with Gasteiger partial charge in [0, 0.05) is 57.2 Å². The van der Waals surface area contributed by atoms with E-state index in [1.54, 1.807) is 0 Å². The molecule has 4 saturated heterocycles. The van der Waals surface area contributed by atoms with Crippen molar-refractivity contribution in [3.8, 4) is 0 Å². The minimum absolute atomic E-state index is 0.0216. The fourth-order valence-corrected chi connectivity index (χ4v) is 13.0. The first-order valence-electron chi connectivity index (χ1n) is 27.9. The van der Waals surface area contributed by atoms with Gasteiger partial charge in [0.25, 0.3) is 0 Å². The Bertz CT molecular complexity index is 1600. The number of piperidine rings is 3. The van der Waals surface area contributed by atoms with E-state index in [4.69, 9.17) is 9.47 Å². The normalized spacial score (nSPS) is 25.7. The molecule has 4 heterocycles. The van der Waals surface area contributed by atoms with Gasteiger partial charge in [-0.2, -0.15) is 0 Å². The molecule has 1 aromatic carbocycles. The van der Waals surface area contributed by atoms with E-state index < -0.39 is 0 Å². The molecule has 0 spiro atoms. The van der Waals surface area contributed by atoms with Crippen molar-refractivity contribution in [2.45, 2.75) is 299 Å². The average molecular weight is 968 g/mol. The van der Waals surface area contributed by atoms with Crippen molar-refractivity contribution in [2.24, 2.45) is 29.6 Å². The highest BCUT2D eigenvalue weighted by molar-refractivity contribution is 5.89. The lowest BCUT2D eigenvalue weighted by Crippen LogP contribution is -2.60. The Balaban J connectivity index is 0.000000324. The number of carbonyl (C=O) groups excluding carboxylic acids is 1. The lowest BCUT2D eigenvalue weighted by atomic mass is 9.72. The fourth-order valence-electron chi connectivity index (χ4n) is 13.0. The molecule has 0 bridgehead atoms. The van der Waals surface area contributed by atoms with Crippen LogP contribution in [-0.2, 0) is 15.9 Å². The van der Waals surface area contributed by atoms with E-state index >= 15 is 0 Å². The van der Waals surface area contributed by atoms with Crippen LogP contribution < -0.4 is 0 Å². The summed E-state index contributed by atoms with van der Waals surface area (Å²) in [4.78, 5) is 22.5. The van der Waals surface area contributed by atoms with Crippen LogP contribution in [0.4, 0.5) is 0 Å². The van der Waals surface area contributed by atoms with Crippen molar-refractivity contribution in [2.75, 3.05) is 28.2 Å². The molecule has 1 unspecified atom stereocenters. The van der Waals surface area contributed by atoms with Crippen molar-refractivity contribution >= 4 is 5.97 Å². The quantitative estimate of drug-likeness (QED) is 0.205. The Hall–Kier alpha value is -1.51. The summed E-state index contributed by atoms with van der Waals surface area (Å²) in [6, 6.07) is 7.87. The second-order valence-electron chi connectivity index (χ2n) is 29.3. The highest BCUT2D eigenvalue weighted by Gasteiger charge is 2.49. The molecule has 0 saturated carbocycles. The fraction of sp³-hybridized carbons (Fsp3) is 0.887. The second kappa shape index (κ2) is 24.2. The molecule has 5 rings (SSSR count). The predicted octanol–water partition coefficient (Wildman–Crippen LogP) is 15.6. The van der Waals surface area contributed by atoms with Gasteiger partial charge in [-0.3, -0.25) is 19.6 Å². The van der Waals surface area contributed by atoms with E-state index in [2.05, 4.69) is 214 Å². The maximum Gasteiger partial charge on any atom is 0.338 e. The number of hydrogen-bond donors (Lipinski definition) is 0. The standard InChI is InChI=1S/C21H33NO2.2C14H29N.C13H27NO/c1-15(2)12-16-8-10-17(11-9-16)19(23)24-18-13-20(3,4)22(7)21(5,6)14-18;1-11(2)8-12-9-13(3,4)15(7)14(5,6)10-12;1-11(2)8-9-12-10-13(3,4)15(7)14(12,5)6;1-10(2)15-11-8-12(3,4)14(7)13(5,6)9-11/h8-11,15,18H,12-14H2,1-7H3;2*11-12H,8-10H2,1-7H3;10-11H,8-9H2,1-7H3. The van der Waals surface area contributed by atoms with Gasteiger partial charge in [-0.25, -0.2) is 4.79 Å². The van der Waals surface area contributed by atoms with Crippen LogP contribution in [-0.4, -0.2) is 116 Å². The molecule has 4 aliphatic rings. The molecule has 0 aromatic heterocycles. The van der Waals surface area contributed by atoms with Crippen LogP contribution in [0.25, 0.3) is 0 Å². The monoisotopic (exact) mass is 967 g/mol. The minimum atomic E-state index is -0.202. The number of nitrogens with zero attached hydrogens (tertiary/aromatic N) is 4. The van der Waals surface area contributed by atoms with Crippen LogP contribution in [0.1, 0.15) is 246 Å². The lowest BCUT2D eigenvalue weighted by Gasteiger charge is -2.54. The molecule has 0 N–H and O–H groups in total. The first kappa shape index (κ1) is 63.6. The van der Waals surface area contributed by atoms with Crippen molar-refractivity contribution in [3.63, 3.8) is 0 Å². The van der Waals surface area contributed by atoms with Crippen LogP contribution in [0.3, 0.4) is 0 Å². The molecule has 0 radical (unpaired) electrons. The maximum atomic E-state index is 12.5. The van der Waals surface area contributed by atoms with Crippen molar-refractivity contribution in [1.29, 1.82) is 0 Å². The number of hydrogen-bond acceptors (Lipinski definition) is 7. The van der Waals surface area contributed by atoms with Gasteiger partial charge < -0.3 is 9.47 Å². The largest absolute Gasteiger partial charge is 0.459 e. The van der Waals surface area contributed by atoms with E-state index in [9.17, 15) is 4.79 Å². The molecule has 0 amide bonds. The molecule has 1 aromatic rings. The van der Waals surface area contributed by atoms with E-state index in [0.717, 1.165) is 55.8 Å². The zero-order chi connectivity index (χ0) is 53.7. The summed E-state index contributed by atoms with van der Waals surface area (Å²) >= 11 is 0. The summed E-state index contributed by atoms with van der Waals surface area (Å²) in [7, 11) is 8.96. The zero-order valence-electron chi connectivity index (χ0n) is 51.2. The number of esters is 1. The summed E-state index contributed by atoms with van der Waals surface area (Å²) in [5, 5.41) is 0. The first-order valence-corrected chi connectivity index (χ1v) is 27.9. The Labute approximate surface area is 430 Å². The Kier molecular flexibility index (Phi) is 22.3. The van der Waals surface area contributed by atoms with Crippen LogP contribution >= 0.6 is 0 Å². The summed E-state index contributed by atoms with van der Waals surface area (Å²) in [5.74, 6) is 3.87.